The summed E-state index contributed by atoms with van der Waals surface area (Å²) >= 11 is 0. The van der Waals surface area contributed by atoms with Gasteiger partial charge in [-0.25, -0.2) is 0 Å². The summed E-state index contributed by atoms with van der Waals surface area (Å²) in [6.45, 7) is 4.24. The number of halogens is 1. The van der Waals surface area contributed by atoms with E-state index in [2.05, 4.69) is 5.32 Å². The fourth-order valence-electron chi connectivity index (χ4n) is 3.43. The molecule has 1 heterocycles. The van der Waals surface area contributed by atoms with Crippen molar-refractivity contribution in [3.8, 4) is 0 Å². The lowest BCUT2D eigenvalue weighted by Gasteiger charge is -2.27. The molecule has 0 radical (unpaired) electrons. The smallest absolute Gasteiger partial charge is 0.254 e. The number of morpholine rings is 1. The molecule has 0 bridgehead atoms. The van der Waals surface area contributed by atoms with E-state index in [-0.39, 0.29) is 36.2 Å². The minimum Gasteiger partial charge on any atom is -0.378 e. The number of rotatable bonds is 3. The largest absolute Gasteiger partial charge is 0.378 e. The Morgan fingerprint density at radius 1 is 1.24 bits per heavy atom. The van der Waals surface area contributed by atoms with Gasteiger partial charge in [-0.2, -0.15) is 0 Å². The third-order valence-electron chi connectivity index (χ3n) is 4.96. The highest BCUT2D eigenvalue weighted by Gasteiger charge is 2.28. The fourth-order valence-corrected chi connectivity index (χ4v) is 3.43. The Morgan fingerprint density at radius 3 is 2.60 bits per heavy atom. The Labute approximate surface area is 154 Å². The van der Waals surface area contributed by atoms with E-state index in [1.807, 2.05) is 25.1 Å². The van der Waals surface area contributed by atoms with E-state index in [0.717, 1.165) is 24.8 Å². The molecular formula is C18H26ClN3O3. The highest BCUT2D eigenvalue weighted by atomic mass is 35.5. The zero-order valence-electron chi connectivity index (χ0n) is 14.5. The van der Waals surface area contributed by atoms with Crippen molar-refractivity contribution < 1.29 is 14.3 Å². The predicted octanol–water partition coefficient (Wildman–Crippen LogP) is 1.96. The van der Waals surface area contributed by atoms with Crippen LogP contribution < -0.4 is 11.1 Å². The summed E-state index contributed by atoms with van der Waals surface area (Å²) < 4.78 is 5.30. The molecule has 3 N–H and O–H groups in total. The number of nitrogens with one attached hydrogen (secondary N) is 1. The van der Waals surface area contributed by atoms with Gasteiger partial charge in [-0.15, -0.1) is 12.4 Å². The third kappa shape index (κ3) is 4.51. The molecule has 0 aromatic heterocycles. The van der Waals surface area contributed by atoms with E-state index < -0.39 is 0 Å². The van der Waals surface area contributed by atoms with E-state index >= 15 is 0 Å². The highest BCUT2D eigenvalue weighted by Crippen LogP contribution is 2.27. The van der Waals surface area contributed by atoms with Crippen molar-refractivity contribution in [1.82, 2.24) is 4.90 Å². The molecule has 2 fully saturated rings. The fraction of sp³-hybridized carbons (Fsp3) is 0.556. The van der Waals surface area contributed by atoms with Gasteiger partial charge in [0.05, 0.1) is 13.2 Å². The number of carbonyl (C=O) groups is 2. The Balaban J connectivity index is 0.00000225. The van der Waals surface area contributed by atoms with Gasteiger partial charge in [-0.05, 0) is 43.9 Å². The van der Waals surface area contributed by atoms with Crippen molar-refractivity contribution in [1.29, 1.82) is 0 Å². The number of nitrogens with two attached hydrogens (primary N) is 1. The Hall–Kier alpha value is -1.63. The summed E-state index contributed by atoms with van der Waals surface area (Å²) in [5.41, 5.74) is 8.05. The van der Waals surface area contributed by atoms with E-state index in [1.165, 1.54) is 0 Å². The number of carbonyl (C=O) groups excluding carboxylic acids is 2. The van der Waals surface area contributed by atoms with E-state index in [4.69, 9.17) is 10.5 Å². The van der Waals surface area contributed by atoms with Crippen molar-refractivity contribution in [2.45, 2.75) is 32.2 Å². The molecule has 25 heavy (non-hydrogen) atoms. The third-order valence-corrected chi connectivity index (χ3v) is 4.96. The number of amides is 2. The van der Waals surface area contributed by atoms with Crippen LogP contribution in [-0.4, -0.2) is 49.1 Å². The topological polar surface area (TPSA) is 84.7 Å². The van der Waals surface area contributed by atoms with Gasteiger partial charge in [0.15, 0.2) is 0 Å². The van der Waals surface area contributed by atoms with Gasteiger partial charge >= 0.3 is 0 Å². The average Bonchev–Trinajstić information content (AvgIpc) is 3.03. The first-order valence-corrected chi connectivity index (χ1v) is 8.59. The number of hydrogen-bond donors (Lipinski definition) is 2. The van der Waals surface area contributed by atoms with Crippen LogP contribution in [0.15, 0.2) is 18.2 Å². The van der Waals surface area contributed by atoms with Crippen LogP contribution in [0.2, 0.25) is 0 Å². The van der Waals surface area contributed by atoms with Gasteiger partial charge < -0.3 is 20.7 Å². The summed E-state index contributed by atoms with van der Waals surface area (Å²) in [6, 6.07) is 5.60. The molecule has 1 aromatic rings. The highest BCUT2D eigenvalue weighted by molar-refractivity contribution is 5.99. The number of nitrogens with zero attached hydrogens (tertiary/aromatic N) is 1. The van der Waals surface area contributed by atoms with Crippen LogP contribution >= 0.6 is 12.4 Å². The van der Waals surface area contributed by atoms with Crippen molar-refractivity contribution in [2.75, 3.05) is 31.6 Å². The molecule has 2 amide bonds. The van der Waals surface area contributed by atoms with Gasteiger partial charge in [0.25, 0.3) is 5.91 Å². The first-order chi connectivity index (χ1) is 11.6. The SMILES string of the molecule is Cc1c(NC(=O)C2CCC(N)C2)cccc1C(=O)N1CCOCC1.Cl. The second-order valence-corrected chi connectivity index (χ2v) is 6.64. The van der Waals surface area contributed by atoms with Crippen LogP contribution in [0.5, 0.6) is 0 Å². The minimum absolute atomic E-state index is 0. The van der Waals surface area contributed by atoms with Gasteiger partial charge in [0.1, 0.15) is 0 Å². The summed E-state index contributed by atoms with van der Waals surface area (Å²) in [5, 5.41) is 2.98. The molecule has 0 spiro atoms. The van der Waals surface area contributed by atoms with Crippen LogP contribution in [0, 0.1) is 12.8 Å². The Kier molecular flexibility index (Phi) is 6.81. The average molecular weight is 368 g/mol. The van der Waals surface area contributed by atoms with Gasteiger partial charge in [0.2, 0.25) is 5.91 Å². The van der Waals surface area contributed by atoms with Crippen molar-refractivity contribution in [2.24, 2.45) is 11.7 Å². The van der Waals surface area contributed by atoms with E-state index in [1.54, 1.807) is 4.90 Å². The zero-order chi connectivity index (χ0) is 17.1. The molecule has 1 aromatic carbocycles. The van der Waals surface area contributed by atoms with Crippen LogP contribution in [0.4, 0.5) is 5.69 Å². The molecule has 2 atom stereocenters. The lowest BCUT2D eigenvalue weighted by Crippen LogP contribution is -2.41. The molecule has 1 saturated heterocycles. The maximum absolute atomic E-state index is 12.7. The van der Waals surface area contributed by atoms with Crippen molar-refractivity contribution in [3.63, 3.8) is 0 Å². The zero-order valence-corrected chi connectivity index (χ0v) is 15.3. The molecule has 1 aliphatic heterocycles. The molecule has 6 nitrogen and oxygen atoms in total. The van der Waals surface area contributed by atoms with Crippen LogP contribution in [0.1, 0.15) is 35.2 Å². The number of ether oxygens (including phenoxy) is 1. The lowest BCUT2D eigenvalue weighted by atomic mass is 10.0. The maximum Gasteiger partial charge on any atom is 0.254 e. The Morgan fingerprint density at radius 2 is 1.96 bits per heavy atom. The van der Waals surface area contributed by atoms with Crippen molar-refractivity contribution >= 4 is 29.9 Å². The van der Waals surface area contributed by atoms with Gasteiger partial charge in [-0.3, -0.25) is 9.59 Å². The van der Waals surface area contributed by atoms with Crippen LogP contribution in [-0.2, 0) is 9.53 Å². The first kappa shape index (κ1) is 19.7. The number of hydrogen-bond acceptors (Lipinski definition) is 4. The predicted molar refractivity (Wildman–Crippen MR) is 99.1 cm³/mol. The summed E-state index contributed by atoms with van der Waals surface area (Å²) in [4.78, 5) is 26.9. The summed E-state index contributed by atoms with van der Waals surface area (Å²) in [5.74, 6) is -0.0326. The standard InChI is InChI=1S/C18H25N3O3.ClH/c1-12-15(18(23)21-7-9-24-10-8-21)3-2-4-16(12)20-17(22)13-5-6-14(19)11-13;/h2-4,13-14H,5-11,19H2,1H3,(H,20,22);1H. The molecule has 7 heteroatoms. The molecule has 2 aliphatic rings. The van der Waals surface area contributed by atoms with E-state index in [9.17, 15) is 9.59 Å². The quantitative estimate of drug-likeness (QED) is 0.855. The number of benzene rings is 1. The molecule has 1 aliphatic carbocycles. The van der Waals surface area contributed by atoms with Crippen molar-refractivity contribution in [3.05, 3.63) is 29.3 Å². The minimum atomic E-state index is -0.0296. The first-order valence-electron chi connectivity index (χ1n) is 8.59. The molecule has 3 rings (SSSR count). The maximum atomic E-state index is 12.7. The normalized spacial score (nSPS) is 23.0. The summed E-state index contributed by atoms with van der Waals surface area (Å²) in [7, 11) is 0. The second kappa shape index (κ2) is 8.65. The molecular weight excluding hydrogens is 342 g/mol. The van der Waals surface area contributed by atoms with Gasteiger partial charge in [-0.1, -0.05) is 6.07 Å². The monoisotopic (exact) mass is 367 g/mol. The molecule has 2 unspecified atom stereocenters. The van der Waals surface area contributed by atoms with E-state index in [0.29, 0.717) is 37.6 Å². The van der Waals surface area contributed by atoms with Crippen LogP contribution in [0.3, 0.4) is 0 Å². The molecule has 1 saturated carbocycles. The lowest BCUT2D eigenvalue weighted by molar-refractivity contribution is -0.119. The summed E-state index contributed by atoms with van der Waals surface area (Å²) in [6.07, 6.45) is 2.46. The Bertz CT molecular complexity index is 632. The molecule has 138 valence electrons. The second-order valence-electron chi connectivity index (χ2n) is 6.64. The van der Waals surface area contributed by atoms with Gasteiger partial charge in [0, 0.05) is 36.3 Å². The van der Waals surface area contributed by atoms with Crippen LogP contribution in [0.25, 0.3) is 0 Å². The number of anilines is 1.